The topological polar surface area (TPSA) is 96.0 Å². The normalized spacial score (nSPS) is 26.4. The zero-order valence-corrected chi connectivity index (χ0v) is 27.9. The van der Waals surface area contributed by atoms with Crippen LogP contribution in [0.4, 0.5) is 5.69 Å². The first-order valence-corrected chi connectivity index (χ1v) is 18.7. The smallest absolute Gasteiger partial charge is 0.244 e. The van der Waals surface area contributed by atoms with Crippen molar-refractivity contribution in [2.75, 3.05) is 24.2 Å². The predicted molar refractivity (Wildman–Crippen MR) is 177 cm³/mol. The van der Waals surface area contributed by atoms with Crippen molar-refractivity contribution in [1.29, 1.82) is 0 Å². The summed E-state index contributed by atoms with van der Waals surface area (Å²) in [6.45, 7) is 1.70. The predicted octanol–water partition coefficient (Wildman–Crippen LogP) is 5.80. The fraction of sp³-hybridized carbons (Fsp3) is 0.611. The number of hydrogen-bond donors (Lipinski definition) is 1. The van der Waals surface area contributed by atoms with Gasteiger partial charge in [-0.1, -0.05) is 44.0 Å². The fourth-order valence-electron chi connectivity index (χ4n) is 9.27. The van der Waals surface area contributed by atoms with Crippen LogP contribution in [0.3, 0.4) is 0 Å². The van der Waals surface area contributed by atoms with E-state index in [2.05, 4.69) is 17.4 Å². The number of amides is 2. The molecule has 2 aromatic rings. The first-order chi connectivity index (χ1) is 21.6. The van der Waals surface area contributed by atoms with Crippen LogP contribution in [0.2, 0.25) is 0 Å². The molecule has 9 heteroatoms. The van der Waals surface area contributed by atoms with Crippen molar-refractivity contribution < 1.29 is 22.7 Å². The fourth-order valence-corrected chi connectivity index (χ4v) is 10.1. The molecule has 0 spiro atoms. The molecule has 0 heterocycles. The van der Waals surface area contributed by atoms with Gasteiger partial charge >= 0.3 is 0 Å². The van der Waals surface area contributed by atoms with Gasteiger partial charge in [0.1, 0.15) is 18.3 Å². The Kier molecular flexibility index (Phi) is 9.19. The van der Waals surface area contributed by atoms with Crippen molar-refractivity contribution in [2.45, 2.75) is 102 Å². The molecule has 8 nitrogen and oxygen atoms in total. The number of carbonyl (C=O) groups is 2. The molecule has 2 amide bonds. The molecule has 0 unspecified atom stereocenters. The van der Waals surface area contributed by atoms with Crippen LogP contribution in [0.25, 0.3) is 0 Å². The maximum atomic E-state index is 14.2. The average Bonchev–Trinajstić information content (AvgIpc) is 3.52. The van der Waals surface area contributed by atoms with Gasteiger partial charge in [-0.05, 0) is 116 Å². The molecule has 5 aliphatic rings. The van der Waals surface area contributed by atoms with Crippen LogP contribution in [0.1, 0.15) is 88.7 Å². The number of nitrogens with zero attached hydrogens (tertiary/aromatic N) is 2. The maximum Gasteiger partial charge on any atom is 0.244 e. The molecule has 0 saturated heterocycles. The van der Waals surface area contributed by atoms with Gasteiger partial charge in [0.25, 0.3) is 0 Å². The van der Waals surface area contributed by atoms with E-state index in [0.29, 0.717) is 17.9 Å². The highest BCUT2D eigenvalue weighted by molar-refractivity contribution is 7.92. The first-order valence-electron chi connectivity index (χ1n) is 16.9. The molecule has 5 fully saturated rings. The van der Waals surface area contributed by atoms with E-state index in [1.54, 1.807) is 12.0 Å². The molecule has 0 aliphatic heterocycles. The van der Waals surface area contributed by atoms with E-state index in [-0.39, 0.29) is 30.5 Å². The summed E-state index contributed by atoms with van der Waals surface area (Å²) in [7, 11) is -2.19. The number of ether oxygens (including phenoxy) is 1. The van der Waals surface area contributed by atoms with Gasteiger partial charge in [0.05, 0.1) is 19.1 Å². The number of sulfonamides is 1. The molecule has 0 aromatic heterocycles. The van der Waals surface area contributed by atoms with Gasteiger partial charge in [0.2, 0.25) is 21.8 Å². The summed E-state index contributed by atoms with van der Waals surface area (Å²) >= 11 is 0. The quantitative estimate of drug-likeness (QED) is 0.318. The highest BCUT2D eigenvalue weighted by Gasteiger charge is 2.51. The summed E-state index contributed by atoms with van der Waals surface area (Å²) in [5, 5.41) is 3.16. The minimum Gasteiger partial charge on any atom is -0.497 e. The molecule has 45 heavy (non-hydrogen) atoms. The number of methoxy groups -OCH3 is 1. The molecule has 0 radical (unpaired) electrons. The van der Waals surface area contributed by atoms with Gasteiger partial charge in [0, 0.05) is 12.6 Å². The molecule has 4 bridgehead atoms. The third-order valence-corrected chi connectivity index (χ3v) is 12.2. The summed E-state index contributed by atoms with van der Waals surface area (Å²) in [6.07, 6.45) is 13.4. The molecule has 244 valence electrons. The van der Waals surface area contributed by atoms with E-state index >= 15 is 0 Å². The lowest BCUT2D eigenvalue weighted by Crippen LogP contribution is -2.53. The Morgan fingerprint density at radius 1 is 0.933 bits per heavy atom. The van der Waals surface area contributed by atoms with Gasteiger partial charge in [-0.25, -0.2) is 8.42 Å². The molecule has 7 rings (SSSR count). The Bertz CT molecular complexity index is 1430. The Hall–Kier alpha value is -3.07. The van der Waals surface area contributed by atoms with Crippen LogP contribution >= 0.6 is 0 Å². The van der Waals surface area contributed by atoms with Crippen LogP contribution in [0.5, 0.6) is 5.75 Å². The highest BCUT2D eigenvalue weighted by atomic mass is 32.2. The number of anilines is 1. The zero-order valence-electron chi connectivity index (χ0n) is 27.0. The SMILES string of the molecule is CC[C@@H](C(=O)NC1CCCC1)N(Cc1ccc(OC)cc1)C(=O)CN(c1ccc(C23CC4CC(CC(C4)C2)C3)cc1)S(C)(=O)=O. The van der Waals surface area contributed by atoms with Crippen LogP contribution in [-0.2, 0) is 31.6 Å². The maximum absolute atomic E-state index is 14.2. The second-order valence-electron chi connectivity index (χ2n) is 14.3. The average molecular weight is 636 g/mol. The number of rotatable bonds is 12. The first kappa shape index (κ1) is 31.9. The lowest BCUT2D eigenvalue weighted by molar-refractivity contribution is -0.140. The van der Waals surface area contributed by atoms with Gasteiger partial charge in [0.15, 0.2) is 0 Å². The number of nitrogens with one attached hydrogen (secondary N) is 1. The van der Waals surface area contributed by atoms with Gasteiger partial charge in [-0.2, -0.15) is 0 Å². The minimum atomic E-state index is -3.79. The minimum absolute atomic E-state index is 0.115. The molecule has 5 saturated carbocycles. The van der Waals surface area contributed by atoms with Crippen molar-refractivity contribution in [2.24, 2.45) is 17.8 Å². The largest absolute Gasteiger partial charge is 0.497 e. The third kappa shape index (κ3) is 6.88. The summed E-state index contributed by atoms with van der Waals surface area (Å²) in [5.74, 6) is 2.55. The van der Waals surface area contributed by atoms with Crippen molar-refractivity contribution in [3.05, 3.63) is 59.7 Å². The molecular weight excluding hydrogens is 586 g/mol. The van der Waals surface area contributed by atoms with Crippen molar-refractivity contribution in [1.82, 2.24) is 10.2 Å². The Morgan fingerprint density at radius 2 is 1.51 bits per heavy atom. The number of carbonyl (C=O) groups excluding carboxylic acids is 2. The standard InChI is InChI=1S/C36H49N3O5S/c1-4-33(35(41)37-30-7-5-6-8-30)38(23-25-9-15-32(44-2)16-10-25)34(40)24-39(45(3,42)43)31-13-11-29(12-14-31)36-20-26-17-27(21-36)19-28(18-26)22-36/h9-16,26-28,30,33H,4-8,17-24H2,1-3H3,(H,37,41)/t26?,27?,28?,33-,36?/m0/s1. The van der Waals surface area contributed by atoms with Crippen LogP contribution in [0.15, 0.2) is 48.5 Å². The Labute approximate surface area is 268 Å². The Balaban J connectivity index is 1.24. The number of hydrogen-bond acceptors (Lipinski definition) is 5. The highest BCUT2D eigenvalue weighted by Crippen LogP contribution is 2.60. The van der Waals surface area contributed by atoms with Gasteiger partial charge in [-0.3, -0.25) is 13.9 Å². The van der Waals surface area contributed by atoms with E-state index in [9.17, 15) is 18.0 Å². The van der Waals surface area contributed by atoms with E-state index in [0.717, 1.165) is 55.3 Å². The lowest BCUT2D eigenvalue weighted by atomic mass is 9.48. The summed E-state index contributed by atoms with van der Waals surface area (Å²) < 4.78 is 32.9. The van der Waals surface area contributed by atoms with Crippen molar-refractivity contribution in [3.63, 3.8) is 0 Å². The lowest BCUT2D eigenvalue weighted by Gasteiger charge is -2.57. The second kappa shape index (κ2) is 13.0. The summed E-state index contributed by atoms with van der Waals surface area (Å²) in [5.41, 5.74) is 2.82. The van der Waals surface area contributed by atoms with Crippen LogP contribution in [-0.4, -0.2) is 57.1 Å². The molecule has 2 aromatic carbocycles. The number of benzene rings is 2. The van der Waals surface area contributed by atoms with Crippen LogP contribution in [0, 0.1) is 17.8 Å². The van der Waals surface area contributed by atoms with Gasteiger partial charge < -0.3 is 15.0 Å². The van der Waals surface area contributed by atoms with Gasteiger partial charge in [-0.15, -0.1) is 0 Å². The monoisotopic (exact) mass is 635 g/mol. The van der Waals surface area contributed by atoms with E-state index in [1.807, 2.05) is 43.3 Å². The second-order valence-corrected chi connectivity index (χ2v) is 16.2. The molecule has 5 aliphatic carbocycles. The third-order valence-electron chi connectivity index (χ3n) is 11.1. The molecular formula is C36H49N3O5S. The van der Waals surface area contributed by atoms with Crippen molar-refractivity contribution >= 4 is 27.5 Å². The molecule has 1 atom stereocenters. The molecule has 1 N–H and O–H groups in total. The van der Waals surface area contributed by atoms with E-state index in [1.165, 1.54) is 48.4 Å². The summed E-state index contributed by atoms with van der Waals surface area (Å²) in [6, 6.07) is 14.7. The van der Waals surface area contributed by atoms with Crippen LogP contribution < -0.4 is 14.4 Å². The zero-order chi connectivity index (χ0) is 31.8. The van der Waals surface area contributed by atoms with Crippen molar-refractivity contribution in [3.8, 4) is 5.75 Å². The Morgan fingerprint density at radius 3 is 2.02 bits per heavy atom. The summed E-state index contributed by atoms with van der Waals surface area (Å²) in [4.78, 5) is 29.3. The van der Waals surface area contributed by atoms with E-state index in [4.69, 9.17) is 4.74 Å². The van der Waals surface area contributed by atoms with E-state index < -0.39 is 22.0 Å².